The van der Waals surface area contributed by atoms with Crippen LogP contribution >= 0.6 is 39.3 Å². The molecule has 0 saturated carbocycles. The third-order valence-corrected chi connectivity index (χ3v) is 4.68. The van der Waals surface area contributed by atoms with E-state index in [1.165, 1.54) is 11.3 Å². The zero-order chi connectivity index (χ0) is 15.0. The molecule has 0 fully saturated rings. The van der Waals surface area contributed by atoms with Crippen LogP contribution in [0, 0.1) is 0 Å². The Morgan fingerprint density at radius 1 is 1.40 bits per heavy atom. The van der Waals surface area contributed by atoms with Crippen molar-refractivity contribution in [3.05, 3.63) is 33.3 Å². The molecule has 0 aliphatic rings. The molecule has 1 N–H and O–H groups in total. The van der Waals surface area contributed by atoms with Crippen LogP contribution in [0.15, 0.2) is 22.7 Å². The number of nitrogens with one attached hydrogen (secondary N) is 1. The van der Waals surface area contributed by atoms with E-state index in [9.17, 15) is 0 Å². The number of nitrogens with zero attached hydrogens (tertiary/aromatic N) is 1. The lowest BCUT2D eigenvalue weighted by atomic mass is 10.0. The average molecular weight is 380 g/mol. The van der Waals surface area contributed by atoms with Gasteiger partial charge in [-0.2, -0.15) is 11.8 Å². The highest BCUT2D eigenvalue weighted by Crippen LogP contribution is 2.28. The highest BCUT2D eigenvalue weighted by molar-refractivity contribution is 9.10. The van der Waals surface area contributed by atoms with Crippen molar-refractivity contribution < 1.29 is 0 Å². The first-order valence-corrected chi connectivity index (χ1v) is 9.50. The summed E-state index contributed by atoms with van der Waals surface area (Å²) >= 11 is 11.7. The third-order valence-electron chi connectivity index (χ3n) is 3.27. The molecular weight excluding hydrogens is 356 g/mol. The monoisotopic (exact) mass is 378 g/mol. The molecule has 1 aromatic rings. The molecule has 0 radical (unpaired) electrons. The second-order valence-corrected chi connectivity index (χ2v) is 7.17. The molecule has 5 heteroatoms. The second-order valence-electron chi connectivity index (χ2n) is 4.86. The Morgan fingerprint density at radius 3 is 2.75 bits per heavy atom. The lowest BCUT2D eigenvalue weighted by Crippen LogP contribution is -2.28. The molecule has 1 atom stereocenters. The van der Waals surface area contributed by atoms with E-state index >= 15 is 0 Å². The minimum Gasteiger partial charge on any atom is -0.310 e. The second kappa shape index (κ2) is 10.1. The Morgan fingerprint density at radius 2 is 2.15 bits per heavy atom. The van der Waals surface area contributed by atoms with Gasteiger partial charge in [-0.3, -0.25) is 0 Å². The standard InChI is InChI=1S/C15H24BrClN2S/c1-4-18-15(7-8-19(2)9-10-20-3)13-6-5-12(16)11-14(13)17/h5-6,11,15,18H,4,7-10H2,1-3H3. The van der Waals surface area contributed by atoms with Gasteiger partial charge in [-0.1, -0.05) is 40.5 Å². The van der Waals surface area contributed by atoms with Crippen LogP contribution in [0.3, 0.4) is 0 Å². The summed E-state index contributed by atoms with van der Waals surface area (Å²) in [6.07, 6.45) is 3.22. The molecular formula is C15H24BrClN2S. The van der Waals surface area contributed by atoms with Gasteiger partial charge < -0.3 is 10.2 Å². The normalized spacial score (nSPS) is 12.9. The minimum atomic E-state index is 0.317. The zero-order valence-corrected chi connectivity index (χ0v) is 15.6. The number of halogens is 2. The summed E-state index contributed by atoms with van der Waals surface area (Å²) in [5.41, 5.74) is 1.19. The first kappa shape index (κ1) is 18.3. The van der Waals surface area contributed by atoms with E-state index in [-0.39, 0.29) is 0 Å². The molecule has 1 aromatic carbocycles. The van der Waals surface area contributed by atoms with Gasteiger partial charge in [0, 0.05) is 27.8 Å². The molecule has 0 bridgehead atoms. The van der Waals surface area contributed by atoms with Gasteiger partial charge in [-0.25, -0.2) is 0 Å². The van der Waals surface area contributed by atoms with E-state index in [2.05, 4.69) is 58.5 Å². The lowest BCUT2D eigenvalue weighted by Gasteiger charge is -2.23. The van der Waals surface area contributed by atoms with Crippen LogP contribution < -0.4 is 5.32 Å². The molecule has 0 aliphatic carbocycles. The van der Waals surface area contributed by atoms with E-state index in [0.29, 0.717) is 6.04 Å². The summed E-state index contributed by atoms with van der Waals surface area (Å²) in [5, 5.41) is 4.37. The van der Waals surface area contributed by atoms with Crippen molar-refractivity contribution in [1.29, 1.82) is 0 Å². The number of benzene rings is 1. The quantitative estimate of drug-likeness (QED) is 0.683. The average Bonchev–Trinajstić information content (AvgIpc) is 2.41. The molecule has 1 rings (SSSR count). The SMILES string of the molecule is CCNC(CCN(C)CCSC)c1ccc(Br)cc1Cl. The number of hydrogen-bond donors (Lipinski definition) is 1. The van der Waals surface area contributed by atoms with E-state index < -0.39 is 0 Å². The molecule has 0 spiro atoms. The van der Waals surface area contributed by atoms with E-state index in [1.54, 1.807) is 0 Å². The first-order chi connectivity index (χ1) is 9.58. The molecule has 114 valence electrons. The van der Waals surface area contributed by atoms with Crippen molar-refractivity contribution in [2.24, 2.45) is 0 Å². The van der Waals surface area contributed by atoms with E-state index in [1.807, 2.05) is 17.8 Å². The van der Waals surface area contributed by atoms with Crippen LogP contribution in [-0.4, -0.2) is 43.6 Å². The maximum atomic E-state index is 6.37. The summed E-state index contributed by atoms with van der Waals surface area (Å²) in [7, 11) is 2.18. The van der Waals surface area contributed by atoms with Crippen molar-refractivity contribution in [1.82, 2.24) is 10.2 Å². The molecule has 20 heavy (non-hydrogen) atoms. The van der Waals surface area contributed by atoms with Crippen LogP contribution in [0.2, 0.25) is 5.02 Å². The molecule has 1 unspecified atom stereocenters. The Hall–Kier alpha value is 0.260. The van der Waals surface area contributed by atoms with Crippen molar-refractivity contribution in [2.75, 3.05) is 38.7 Å². The van der Waals surface area contributed by atoms with Gasteiger partial charge in [0.15, 0.2) is 0 Å². The Kier molecular flexibility index (Phi) is 9.21. The van der Waals surface area contributed by atoms with E-state index in [0.717, 1.165) is 35.6 Å². The Balaban J connectivity index is 2.64. The van der Waals surface area contributed by atoms with Crippen molar-refractivity contribution >= 4 is 39.3 Å². The summed E-state index contributed by atoms with van der Waals surface area (Å²) < 4.78 is 1.03. The predicted molar refractivity (Wildman–Crippen MR) is 96.1 cm³/mol. The van der Waals surface area contributed by atoms with Crippen LogP contribution in [0.25, 0.3) is 0 Å². The van der Waals surface area contributed by atoms with Gasteiger partial charge in [-0.15, -0.1) is 0 Å². The highest BCUT2D eigenvalue weighted by Gasteiger charge is 2.14. The smallest absolute Gasteiger partial charge is 0.0465 e. The first-order valence-electron chi connectivity index (χ1n) is 6.94. The van der Waals surface area contributed by atoms with Gasteiger partial charge in [0.1, 0.15) is 0 Å². The van der Waals surface area contributed by atoms with Crippen molar-refractivity contribution in [3.8, 4) is 0 Å². The summed E-state index contributed by atoms with van der Waals surface area (Å²) in [6.45, 7) is 5.29. The fraction of sp³-hybridized carbons (Fsp3) is 0.600. The molecule has 0 amide bonds. The lowest BCUT2D eigenvalue weighted by molar-refractivity contribution is 0.325. The van der Waals surface area contributed by atoms with Crippen molar-refractivity contribution in [3.63, 3.8) is 0 Å². The maximum Gasteiger partial charge on any atom is 0.0465 e. The summed E-state index contributed by atoms with van der Waals surface area (Å²) in [5.74, 6) is 1.18. The van der Waals surface area contributed by atoms with Gasteiger partial charge >= 0.3 is 0 Å². The molecule has 0 aliphatic heterocycles. The largest absolute Gasteiger partial charge is 0.310 e. The fourth-order valence-corrected chi connectivity index (χ4v) is 3.41. The molecule has 0 saturated heterocycles. The molecule has 2 nitrogen and oxygen atoms in total. The van der Waals surface area contributed by atoms with Crippen LogP contribution in [0.1, 0.15) is 24.9 Å². The number of thioether (sulfide) groups is 1. The Labute approximate surface area is 140 Å². The molecule has 0 aromatic heterocycles. The van der Waals surface area contributed by atoms with Gasteiger partial charge in [0.2, 0.25) is 0 Å². The van der Waals surface area contributed by atoms with Gasteiger partial charge in [-0.05, 0) is 50.5 Å². The van der Waals surface area contributed by atoms with Crippen LogP contribution in [-0.2, 0) is 0 Å². The zero-order valence-electron chi connectivity index (χ0n) is 12.5. The van der Waals surface area contributed by atoms with E-state index in [4.69, 9.17) is 11.6 Å². The van der Waals surface area contributed by atoms with Crippen LogP contribution in [0.5, 0.6) is 0 Å². The van der Waals surface area contributed by atoms with Gasteiger partial charge in [0.25, 0.3) is 0 Å². The fourth-order valence-electron chi connectivity index (χ4n) is 2.11. The topological polar surface area (TPSA) is 15.3 Å². The number of rotatable bonds is 9. The molecule has 0 heterocycles. The third kappa shape index (κ3) is 6.35. The highest BCUT2D eigenvalue weighted by atomic mass is 79.9. The predicted octanol–water partition coefficient (Wildman–Crippen LogP) is 4.44. The Bertz CT molecular complexity index is 403. The van der Waals surface area contributed by atoms with Crippen molar-refractivity contribution in [2.45, 2.75) is 19.4 Å². The van der Waals surface area contributed by atoms with Gasteiger partial charge in [0.05, 0.1) is 0 Å². The summed E-state index contributed by atoms with van der Waals surface area (Å²) in [4.78, 5) is 2.38. The maximum absolute atomic E-state index is 6.37. The van der Waals surface area contributed by atoms with Crippen LogP contribution in [0.4, 0.5) is 0 Å². The summed E-state index contributed by atoms with van der Waals surface area (Å²) in [6, 6.07) is 6.46. The minimum absolute atomic E-state index is 0.317. The number of hydrogen-bond acceptors (Lipinski definition) is 3.